The minimum Gasteiger partial charge on any atom is -1.00 e. The first-order valence-corrected chi connectivity index (χ1v) is 5.16. The molecular formula is C12H19NNaO3+. The van der Waals surface area contributed by atoms with Crippen molar-refractivity contribution in [3.8, 4) is 5.75 Å². The second kappa shape index (κ2) is 7.01. The summed E-state index contributed by atoms with van der Waals surface area (Å²) in [5.74, 6) is -0.524. The van der Waals surface area contributed by atoms with Crippen LogP contribution >= 0.6 is 0 Å². The standard InChI is InChI=1S/C12H17NO3.Na.H/c1-13(2,3)8-9-16-12(15)10-6-4-5-7-11(10)14;;/h4-7H,8-9H2,1-3H3;;/q;+1;-1/p+1. The summed E-state index contributed by atoms with van der Waals surface area (Å²) < 4.78 is 5.80. The molecule has 0 aliphatic rings. The van der Waals surface area contributed by atoms with Gasteiger partial charge in [-0.25, -0.2) is 4.79 Å². The van der Waals surface area contributed by atoms with E-state index in [0.717, 1.165) is 11.0 Å². The number of likely N-dealkylation sites (N-methyl/N-ethyl adjacent to an activating group) is 1. The van der Waals surface area contributed by atoms with Crippen LogP contribution in [0.25, 0.3) is 0 Å². The molecule has 0 fully saturated rings. The number of phenolic OH excluding ortho intramolecular Hbond substituents is 1. The van der Waals surface area contributed by atoms with Crippen LogP contribution in [-0.2, 0) is 4.74 Å². The number of nitrogens with zero attached hydrogens (tertiary/aromatic N) is 1. The van der Waals surface area contributed by atoms with E-state index in [1.807, 2.05) is 21.1 Å². The van der Waals surface area contributed by atoms with Crippen LogP contribution in [0.1, 0.15) is 11.8 Å². The Morgan fingerprint density at radius 3 is 2.47 bits per heavy atom. The summed E-state index contributed by atoms with van der Waals surface area (Å²) in [4.78, 5) is 11.6. The van der Waals surface area contributed by atoms with Crippen LogP contribution in [0.3, 0.4) is 0 Å². The van der Waals surface area contributed by atoms with Gasteiger partial charge in [-0.15, -0.1) is 0 Å². The maximum absolute atomic E-state index is 11.6. The van der Waals surface area contributed by atoms with Gasteiger partial charge in [-0.3, -0.25) is 0 Å². The number of hydrogen-bond acceptors (Lipinski definition) is 3. The Morgan fingerprint density at radius 1 is 1.35 bits per heavy atom. The number of para-hydroxylation sites is 1. The van der Waals surface area contributed by atoms with Gasteiger partial charge in [0.05, 0.1) is 21.1 Å². The molecule has 0 saturated carbocycles. The molecule has 1 rings (SSSR count). The van der Waals surface area contributed by atoms with Crippen molar-refractivity contribution in [2.75, 3.05) is 34.3 Å². The maximum Gasteiger partial charge on any atom is 1.00 e. The first-order chi connectivity index (χ1) is 7.40. The predicted octanol–water partition coefficient (Wildman–Crippen LogP) is -1.63. The van der Waals surface area contributed by atoms with Gasteiger partial charge in [0.15, 0.2) is 0 Å². The van der Waals surface area contributed by atoms with Crippen LogP contribution in [0.4, 0.5) is 0 Å². The fraction of sp³-hybridized carbons (Fsp3) is 0.417. The number of quaternary nitrogens is 1. The maximum atomic E-state index is 11.6. The van der Waals surface area contributed by atoms with Crippen LogP contribution < -0.4 is 29.6 Å². The second-order valence-corrected chi connectivity index (χ2v) is 4.67. The molecule has 0 bridgehead atoms. The van der Waals surface area contributed by atoms with Crippen molar-refractivity contribution in [1.29, 1.82) is 0 Å². The van der Waals surface area contributed by atoms with Gasteiger partial charge in [0.25, 0.3) is 0 Å². The van der Waals surface area contributed by atoms with Crippen LogP contribution in [0, 0.1) is 0 Å². The number of phenols is 1. The average molecular weight is 248 g/mol. The SMILES string of the molecule is C[N+](C)(C)CCOC(=O)c1ccccc1O.[H-].[Na+]. The smallest absolute Gasteiger partial charge is 1.00 e. The van der Waals surface area contributed by atoms with Gasteiger partial charge in [-0.05, 0) is 12.1 Å². The summed E-state index contributed by atoms with van der Waals surface area (Å²) in [7, 11) is 6.06. The molecule has 0 radical (unpaired) electrons. The van der Waals surface area contributed by atoms with Crippen molar-refractivity contribution in [2.45, 2.75) is 0 Å². The number of ether oxygens (including phenoxy) is 1. The third kappa shape index (κ3) is 6.07. The Balaban J connectivity index is 0. The van der Waals surface area contributed by atoms with Crippen molar-refractivity contribution in [2.24, 2.45) is 0 Å². The molecule has 5 heteroatoms. The van der Waals surface area contributed by atoms with E-state index in [1.165, 1.54) is 6.07 Å². The largest absolute Gasteiger partial charge is 1.00 e. The van der Waals surface area contributed by atoms with E-state index < -0.39 is 5.97 Å². The fourth-order valence-electron chi connectivity index (χ4n) is 1.14. The summed E-state index contributed by atoms with van der Waals surface area (Å²) in [5, 5.41) is 9.44. The summed E-state index contributed by atoms with van der Waals surface area (Å²) in [6.07, 6.45) is 0. The molecule has 1 aromatic rings. The summed E-state index contributed by atoms with van der Waals surface area (Å²) in [6, 6.07) is 6.37. The zero-order chi connectivity index (χ0) is 12.2. The van der Waals surface area contributed by atoms with Gasteiger partial charge in [0.2, 0.25) is 0 Å². The molecular weight excluding hydrogens is 229 g/mol. The minimum absolute atomic E-state index is 0. The molecule has 0 atom stereocenters. The van der Waals surface area contributed by atoms with E-state index >= 15 is 0 Å². The van der Waals surface area contributed by atoms with E-state index in [-0.39, 0.29) is 42.3 Å². The Morgan fingerprint density at radius 2 is 1.94 bits per heavy atom. The predicted molar refractivity (Wildman–Crippen MR) is 62.4 cm³/mol. The summed E-state index contributed by atoms with van der Waals surface area (Å²) in [6.45, 7) is 1.08. The molecule has 0 heterocycles. The number of esters is 1. The van der Waals surface area contributed by atoms with E-state index in [0.29, 0.717) is 6.61 Å². The van der Waals surface area contributed by atoms with Gasteiger partial charge in [0, 0.05) is 0 Å². The molecule has 0 aromatic heterocycles. The van der Waals surface area contributed by atoms with E-state index in [2.05, 4.69) is 0 Å². The molecule has 0 spiro atoms. The molecule has 0 unspecified atom stereocenters. The van der Waals surface area contributed by atoms with Crippen molar-refractivity contribution >= 4 is 5.97 Å². The van der Waals surface area contributed by atoms with Gasteiger partial charge in [-0.2, -0.15) is 0 Å². The van der Waals surface area contributed by atoms with E-state index in [9.17, 15) is 9.90 Å². The molecule has 0 aliphatic heterocycles. The van der Waals surface area contributed by atoms with Crippen LogP contribution in [0.15, 0.2) is 24.3 Å². The van der Waals surface area contributed by atoms with Gasteiger partial charge < -0.3 is 15.8 Å². The molecule has 1 aromatic carbocycles. The normalized spacial score (nSPS) is 10.5. The van der Waals surface area contributed by atoms with Crippen LogP contribution in [0.5, 0.6) is 5.75 Å². The number of carbonyl (C=O) groups excluding carboxylic acids is 1. The monoisotopic (exact) mass is 248 g/mol. The molecule has 17 heavy (non-hydrogen) atoms. The Bertz CT molecular complexity index is 380. The van der Waals surface area contributed by atoms with Gasteiger partial charge in [-0.1, -0.05) is 12.1 Å². The summed E-state index contributed by atoms with van der Waals surface area (Å²) >= 11 is 0. The number of hydrogen-bond donors (Lipinski definition) is 1. The molecule has 90 valence electrons. The third-order valence-electron chi connectivity index (χ3n) is 2.12. The first-order valence-electron chi connectivity index (χ1n) is 5.16. The Hall–Kier alpha value is -0.550. The Kier molecular flexibility index (Phi) is 6.78. The van der Waals surface area contributed by atoms with Crippen LogP contribution in [-0.4, -0.2) is 49.9 Å². The fourth-order valence-corrected chi connectivity index (χ4v) is 1.14. The zero-order valence-corrected chi connectivity index (χ0v) is 12.9. The quantitative estimate of drug-likeness (QED) is 0.395. The molecule has 0 aliphatic carbocycles. The van der Waals surface area contributed by atoms with Crippen molar-refractivity contribution in [3.05, 3.63) is 29.8 Å². The molecule has 1 N–H and O–H groups in total. The number of benzene rings is 1. The molecule has 0 amide bonds. The summed E-state index contributed by atoms with van der Waals surface area (Å²) in [5.41, 5.74) is 0.212. The van der Waals surface area contributed by atoms with E-state index in [4.69, 9.17) is 4.74 Å². The first kappa shape index (κ1) is 16.4. The third-order valence-corrected chi connectivity index (χ3v) is 2.12. The van der Waals surface area contributed by atoms with E-state index in [1.54, 1.807) is 18.2 Å². The van der Waals surface area contributed by atoms with Crippen molar-refractivity contribution in [1.82, 2.24) is 0 Å². The molecule has 4 nitrogen and oxygen atoms in total. The number of aromatic hydroxyl groups is 1. The number of carbonyl (C=O) groups is 1. The zero-order valence-electron chi connectivity index (χ0n) is 11.9. The van der Waals surface area contributed by atoms with Crippen molar-refractivity contribution in [3.63, 3.8) is 0 Å². The minimum atomic E-state index is -0.480. The second-order valence-electron chi connectivity index (χ2n) is 4.67. The average Bonchev–Trinajstić information content (AvgIpc) is 2.16. The van der Waals surface area contributed by atoms with Crippen LogP contribution in [0.2, 0.25) is 0 Å². The topological polar surface area (TPSA) is 46.5 Å². The Labute approximate surface area is 126 Å². The van der Waals surface area contributed by atoms with Gasteiger partial charge in [0.1, 0.15) is 24.5 Å². The molecule has 0 saturated heterocycles. The van der Waals surface area contributed by atoms with Crippen molar-refractivity contribution < 1.29 is 50.1 Å². The number of rotatable bonds is 4. The van der Waals surface area contributed by atoms with Gasteiger partial charge >= 0.3 is 35.5 Å².